The molecule has 0 unspecified atom stereocenters. The highest BCUT2D eigenvalue weighted by Crippen LogP contribution is 2.24. The lowest BCUT2D eigenvalue weighted by Crippen LogP contribution is -2.32. The predicted octanol–water partition coefficient (Wildman–Crippen LogP) is 3.59. The zero-order chi connectivity index (χ0) is 13.9. The van der Waals surface area contributed by atoms with Gasteiger partial charge in [-0.15, -0.1) is 0 Å². The smallest absolute Gasteiger partial charge is 0.0618 e. The van der Waals surface area contributed by atoms with Gasteiger partial charge in [0, 0.05) is 19.7 Å². The maximum absolute atomic E-state index is 5.32. The molecule has 1 aliphatic heterocycles. The molecule has 1 aliphatic rings. The van der Waals surface area contributed by atoms with E-state index in [1.54, 1.807) is 7.11 Å². The van der Waals surface area contributed by atoms with E-state index in [9.17, 15) is 0 Å². The zero-order valence-corrected chi connectivity index (χ0v) is 12.8. The third-order valence-electron chi connectivity index (χ3n) is 4.06. The molecule has 0 N–H and O–H groups in total. The van der Waals surface area contributed by atoms with Crippen LogP contribution in [0, 0.1) is 0 Å². The first-order chi connectivity index (χ1) is 9.00. The minimum atomic E-state index is 0.241. The quantitative estimate of drug-likeness (QED) is 0.821. The van der Waals surface area contributed by atoms with Gasteiger partial charge in [-0.25, -0.2) is 0 Å². The second-order valence-corrected chi connectivity index (χ2v) is 6.67. The summed E-state index contributed by atoms with van der Waals surface area (Å²) in [6.07, 6.45) is 2.57. The van der Waals surface area contributed by atoms with E-state index in [0.717, 1.165) is 13.2 Å². The van der Waals surface area contributed by atoms with Crippen LogP contribution in [-0.4, -0.2) is 31.2 Å². The van der Waals surface area contributed by atoms with Gasteiger partial charge in [-0.05, 0) is 35.9 Å². The molecular weight excluding hydrogens is 234 g/mol. The van der Waals surface area contributed by atoms with Crippen LogP contribution >= 0.6 is 0 Å². The number of rotatable bonds is 4. The van der Waals surface area contributed by atoms with E-state index >= 15 is 0 Å². The molecule has 106 valence electrons. The first-order valence-electron chi connectivity index (χ1n) is 7.33. The first-order valence-corrected chi connectivity index (χ1v) is 7.33. The van der Waals surface area contributed by atoms with Crippen LogP contribution in [0.15, 0.2) is 24.3 Å². The van der Waals surface area contributed by atoms with E-state index in [4.69, 9.17) is 4.74 Å². The van der Waals surface area contributed by atoms with E-state index in [0.29, 0.717) is 6.04 Å². The van der Waals surface area contributed by atoms with Crippen molar-refractivity contribution in [2.45, 2.75) is 51.6 Å². The summed E-state index contributed by atoms with van der Waals surface area (Å²) in [6.45, 7) is 9.90. The van der Waals surface area contributed by atoms with Crippen molar-refractivity contribution in [2.24, 2.45) is 0 Å². The van der Waals surface area contributed by atoms with E-state index in [2.05, 4.69) is 49.9 Å². The molecule has 1 aromatic carbocycles. The fourth-order valence-electron chi connectivity index (χ4n) is 2.83. The molecular formula is C17H27NO. The maximum atomic E-state index is 5.32. The topological polar surface area (TPSA) is 12.5 Å². The maximum Gasteiger partial charge on any atom is 0.0618 e. The number of hydrogen-bond donors (Lipinski definition) is 0. The average Bonchev–Trinajstić information content (AvgIpc) is 2.77. The van der Waals surface area contributed by atoms with Crippen LogP contribution in [0.1, 0.15) is 44.7 Å². The average molecular weight is 261 g/mol. The number of likely N-dealkylation sites (tertiary alicyclic amines) is 1. The largest absolute Gasteiger partial charge is 0.383 e. The van der Waals surface area contributed by atoms with Crippen LogP contribution in [0.5, 0.6) is 0 Å². The molecule has 0 aliphatic carbocycles. The monoisotopic (exact) mass is 261 g/mol. The van der Waals surface area contributed by atoms with E-state index in [1.165, 1.54) is 30.5 Å². The molecule has 1 fully saturated rings. The number of nitrogens with zero attached hydrogens (tertiary/aromatic N) is 1. The Bertz CT molecular complexity index is 391. The second-order valence-electron chi connectivity index (χ2n) is 6.67. The summed E-state index contributed by atoms with van der Waals surface area (Å²) in [6, 6.07) is 9.71. The van der Waals surface area contributed by atoms with Gasteiger partial charge in [0.2, 0.25) is 0 Å². The van der Waals surface area contributed by atoms with E-state index in [-0.39, 0.29) is 5.41 Å². The molecule has 0 saturated carbocycles. The molecule has 2 rings (SSSR count). The van der Waals surface area contributed by atoms with Gasteiger partial charge in [-0.2, -0.15) is 0 Å². The number of hydrogen-bond acceptors (Lipinski definition) is 2. The lowest BCUT2D eigenvalue weighted by Gasteiger charge is -2.24. The van der Waals surface area contributed by atoms with Crippen LogP contribution in [0.3, 0.4) is 0 Å². The summed E-state index contributed by atoms with van der Waals surface area (Å²) in [7, 11) is 1.80. The minimum Gasteiger partial charge on any atom is -0.383 e. The van der Waals surface area contributed by atoms with E-state index in [1.807, 2.05) is 0 Å². The van der Waals surface area contributed by atoms with Crippen molar-refractivity contribution in [3.05, 3.63) is 35.4 Å². The molecule has 0 spiro atoms. The van der Waals surface area contributed by atoms with Gasteiger partial charge in [-0.1, -0.05) is 45.0 Å². The van der Waals surface area contributed by atoms with Gasteiger partial charge in [0.15, 0.2) is 0 Å². The van der Waals surface area contributed by atoms with Crippen LogP contribution in [-0.2, 0) is 16.7 Å². The van der Waals surface area contributed by atoms with Gasteiger partial charge in [0.25, 0.3) is 0 Å². The summed E-state index contributed by atoms with van der Waals surface area (Å²) >= 11 is 0. The molecule has 1 atom stereocenters. The van der Waals surface area contributed by atoms with Crippen molar-refractivity contribution >= 4 is 0 Å². The van der Waals surface area contributed by atoms with Crippen LogP contribution in [0.4, 0.5) is 0 Å². The van der Waals surface area contributed by atoms with Gasteiger partial charge in [-0.3, -0.25) is 4.90 Å². The highest BCUT2D eigenvalue weighted by Gasteiger charge is 2.24. The van der Waals surface area contributed by atoms with Crippen LogP contribution in [0.2, 0.25) is 0 Å². The first kappa shape index (κ1) is 14.5. The van der Waals surface area contributed by atoms with Crippen molar-refractivity contribution in [3.8, 4) is 0 Å². The SMILES string of the molecule is COC[C@@H]1CCCN1Cc1ccc(C(C)(C)C)cc1. The van der Waals surface area contributed by atoms with Gasteiger partial charge in [0.1, 0.15) is 0 Å². The van der Waals surface area contributed by atoms with E-state index < -0.39 is 0 Å². The molecule has 0 aromatic heterocycles. The molecule has 2 heteroatoms. The van der Waals surface area contributed by atoms with Crippen LogP contribution < -0.4 is 0 Å². The Morgan fingerprint density at radius 1 is 1.21 bits per heavy atom. The van der Waals surface area contributed by atoms with Crippen molar-refractivity contribution in [2.75, 3.05) is 20.3 Å². The lowest BCUT2D eigenvalue weighted by molar-refractivity contribution is 0.112. The molecule has 1 saturated heterocycles. The van der Waals surface area contributed by atoms with Gasteiger partial charge >= 0.3 is 0 Å². The minimum absolute atomic E-state index is 0.241. The van der Waals surface area contributed by atoms with Crippen molar-refractivity contribution < 1.29 is 4.74 Å². The highest BCUT2D eigenvalue weighted by atomic mass is 16.5. The summed E-state index contributed by atoms with van der Waals surface area (Å²) in [5.41, 5.74) is 3.06. The summed E-state index contributed by atoms with van der Waals surface area (Å²) in [5, 5.41) is 0. The molecule has 0 bridgehead atoms. The predicted molar refractivity (Wildman–Crippen MR) is 80.5 cm³/mol. The lowest BCUT2D eigenvalue weighted by atomic mass is 9.87. The fraction of sp³-hybridized carbons (Fsp3) is 0.647. The van der Waals surface area contributed by atoms with Crippen LogP contribution in [0.25, 0.3) is 0 Å². The molecule has 0 radical (unpaired) electrons. The summed E-state index contributed by atoms with van der Waals surface area (Å²) in [4.78, 5) is 2.55. The Hall–Kier alpha value is -0.860. The molecule has 0 amide bonds. The van der Waals surface area contributed by atoms with Crippen molar-refractivity contribution in [1.82, 2.24) is 4.90 Å². The summed E-state index contributed by atoms with van der Waals surface area (Å²) in [5.74, 6) is 0. The third kappa shape index (κ3) is 3.80. The Kier molecular flexibility index (Phi) is 4.64. The van der Waals surface area contributed by atoms with Crippen molar-refractivity contribution in [1.29, 1.82) is 0 Å². The standard InChI is InChI=1S/C17H27NO/c1-17(2,3)15-9-7-14(8-10-15)12-18-11-5-6-16(18)13-19-4/h7-10,16H,5-6,11-13H2,1-4H3/t16-/m0/s1. The summed E-state index contributed by atoms with van der Waals surface area (Å²) < 4.78 is 5.32. The Balaban J connectivity index is 1.99. The normalized spacial score (nSPS) is 20.9. The number of ether oxygens (including phenoxy) is 1. The molecule has 2 nitrogen and oxygen atoms in total. The number of methoxy groups -OCH3 is 1. The molecule has 1 heterocycles. The van der Waals surface area contributed by atoms with Crippen molar-refractivity contribution in [3.63, 3.8) is 0 Å². The number of benzene rings is 1. The Morgan fingerprint density at radius 3 is 2.47 bits per heavy atom. The Labute approximate surface area is 117 Å². The Morgan fingerprint density at radius 2 is 1.89 bits per heavy atom. The van der Waals surface area contributed by atoms with Gasteiger partial charge in [0.05, 0.1) is 6.61 Å². The fourth-order valence-corrected chi connectivity index (χ4v) is 2.83. The molecule has 19 heavy (non-hydrogen) atoms. The second kappa shape index (κ2) is 6.06. The molecule has 1 aromatic rings. The zero-order valence-electron chi connectivity index (χ0n) is 12.8. The highest BCUT2D eigenvalue weighted by molar-refractivity contribution is 5.27. The third-order valence-corrected chi connectivity index (χ3v) is 4.06. The van der Waals surface area contributed by atoms with Gasteiger partial charge < -0.3 is 4.74 Å².